The van der Waals surface area contributed by atoms with Crippen LogP contribution in [0.15, 0.2) is 53.4 Å². The highest BCUT2D eigenvalue weighted by atomic mass is 35.5. The fourth-order valence-electron chi connectivity index (χ4n) is 1.88. The molecule has 21 heavy (non-hydrogen) atoms. The van der Waals surface area contributed by atoms with Gasteiger partial charge in [0.2, 0.25) is 0 Å². The van der Waals surface area contributed by atoms with Crippen LogP contribution in [0.3, 0.4) is 0 Å². The second-order valence-corrected chi connectivity index (χ2v) is 6.70. The summed E-state index contributed by atoms with van der Waals surface area (Å²) in [5.41, 5.74) is 0.513. The van der Waals surface area contributed by atoms with Crippen LogP contribution in [0.5, 0.6) is 5.75 Å². The van der Waals surface area contributed by atoms with Gasteiger partial charge in [-0.2, -0.15) is 0 Å². The molecule has 0 aromatic heterocycles. The van der Waals surface area contributed by atoms with Crippen LogP contribution >= 0.6 is 11.6 Å². The monoisotopic (exact) mass is 322 g/mol. The zero-order valence-corrected chi connectivity index (χ0v) is 13.3. The highest BCUT2D eigenvalue weighted by Gasteiger charge is 2.22. The number of ether oxygens (including phenoxy) is 1. The van der Waals surface area contributed by atoms with E-state index in [1.165, 1.54) is 0 Å². The van der Waals surface area contributed by atoms with Crippen LogP contribution < -0.4 is 4.74 Å². The fraction of sp³-hybridized carbons (Fsp3) is 0.188. The van der Waals surface area contributed by atoms with Crippen molar-refractivity contribution in [2.24, 2.45) is 0 Å². The van der Waals surface area contributed by atoms with Crippen molar-refractivity contribution in [2.75, 3.05) is 7.11 Å². The van der Waals surface area contributed by atoms with Crippen molar-refractivity contribution in [3.8, 4) is 5.75 Å². The van der Waals surface area contributed by atoms with Crippen LogP contribution in [0.25, 0.3) is 0 Å². The molecule has 0 amide bonds. The smallest absolute Gasteiger partial charge is 0.178 e. The number of rotatable bonds is 5. The molecule has 110 valence electrons. The predicted octanol–water partition coefficient (Wildman–Crippen LogP) is 3.73. The standard InChI is InChI=1S/C16H15ClO3S/c1-11(21(19)15-5-3-4-13(17)10-15)16(18)12-6-8-14(20-2)9-7-12/h3-11H,1-2H3. The summed E-state index contributed by atoms with van der Waals surface area (Å²) >= 11 is 5.89. The molecule has 0 heterocycles. The summed E-state index contributed by atoms with van der Waals surface area (Å²) in [6.07, 6.45) is 0. The van der Waals surface area contributed by atoms with Crippen LogP contribution in [0.2, 0.25) is 5.02 Å². The van der Waals surface area contributed by atoms with Crippen molar-refractivity contribution in [3.63, 3.8) is 0 Å². The van der Waals surface area contributed by atoms with Gasteiger partial charge in [0.25, 0.3) is 0 Å². The molecule has 0 aliphatic rings. The number of carbonyl (C=O) groups is 1. The second kappa shape index (κ2) is 6.87. The quantitative estimate of drug-likeness (QED) is 0.788. The fourth-order valence-corrected chi connectivity index (χ4v) is 3.33. The molecule has 2 rings (SSSR count). The lowest BCUT2D eigenvalue weighted by Crippen LogP contribution is -2.22. The Morgan fingerprint density at radius 1 is 1.19 bits per heavy atom. The molecular weight excluding hydrogens is 308 g/mol. The maximum Gasteiger partial charge on any atom is 0.178 e. The number of halogens is 1. The van der Waals surface area contributed by atoms with E-state index in [1.54, 1.807) is 62.6 Å². The van der Waals surface area contributed by atoms with Gasteiger partial charge in [-0.1, -0.05) is 17.7 Å². The first-order chi connectivity index (χ1) is 10.0. The minimum absolute atomic E-state index is 0.170. The number of hydrogen-bond donors (Lipinski definition) is 0. The largest absolute Gasteiger partial charge is 0.497 e. The number of Topliss-reactive ketones (excluding diaryl/α,β-unsaturated/α-hetero) is 1. The topological polar surface area (TPSA) is 43.4 Å². The lowest BCUT2D eigenvalue weighted by atomic mass is 10.1. The Balaban J connectivity index is 2.20. The van der Waals surface area contributed by atoms with E-state index in [0.29, 0.717) is 21.2 Å². The van der Waals surface area contributed by atoms with E-state index in [1.807, 2.05) is 0 Å². The highest BCUT2D eigenvalue weighted by Crippen LogP contribution is 2.20. The lowest BCUT2D eigenvalue weighted by Gasteiger charge is -2.11. The zero-order valence-electron chi connectivity index (χ0n) is 11.7. The van der Waals surface area contributed by atoms with Gasteiger partial charge in [-0.05, 0) is 49.4 Å². The average molecular weight is 323 g/mol. The van der Waals surface area contributed by atoms with Crippen molar-refractivity contribution < 1.29 is 13.7 Å². The minimum Gasteiger partial charge on any atom is -0.497 e. The van der Waals surface area contributed by atoms with Crippen molar-refractivity contribution >= 4 is 28.2 Å². The molecule has 0 spiro atoms. The maximum atomic E-state index is 12.4. The number of methoxy groups -OCH3 is 1. The summed E-state index contributed by atoms with van der Waals surface area (Å²) in [4.78, 5) is 12.9. The second-order valence-electron chi connectivity index (χ2n) is 4.49. The van der Waals surface area contributed by atoms with E-state index in [0.717, 1.165) is 0 Å². The Morgan fingerprint density at radius 3 is 2.43 bits per heavy atom. The van der Waals surface area contributed by atoms with Gasteiger partial charge in [0.05, 0.1) is 23.2 Å². The van der Waals surface area contributed by atoms with E-state index in [-0.39, 0.29) is 5.78 Å². The Hall–Kier alpha value is -1.65. The molecule has 2 atom stereocenters. The molecule has 5 heteroatoms. The first-order valence-corrected chi connectivity index (χ1v) is 7.96. The Bertz CT molecular complexity index is 667. The predicted molar refractivity (Wildman–Crippen MR) is 84.6 cm³/mol. The van der Waals surface area contributed by atoms with Crippen LogP contribution in [0.4, 0.5) is 0 Å². The molecule has 0 bridgehead atoms. The number of carbonyl (C=O) groups excluding carboxylic acids is 1. The molecule has 0 saturated carbocycles. The number of hydrogen-bond acceptors (Lipinski definition) is 3. The maximum absolute atomic E-state index is 12.4. The average Bonchev–Trinajstić information content (AvgIpc) is 2.53. The van der Waals surface area contributed by atoms with Gasteiger partial charge in [-0.3, -0.25) is 9.00 Å². The van der Waals surface area contributed by atoms with E-state index in [2.05, 4.69) is 0 Å². The van der Waals surface area contributed by atoms with Crippen molar-refractivity contribution in [2.45, 2.75) is 17.1 Å². The molecule has 0 saturated heterocycles. The van der Waals surface area contributed by atoms with E-state index < -0.39 is 16.0 Å². The molecule has 0 fully saturated rings. The molecule has 0 aliphatic carbocycles. The minimum atomic E-state index is -1.44. The van der Waals surface area contributed by atoms with Gasteiger partial charge < -0.3 is 4.74 Å². The third-order valence-electron chi connectivity index (χ3n) is 3.09. The normalized spacial score (nSPS) is 13.5. The Kier molecular flexibility index (Phi) is 5.15. The molecule has 0 radical (unpaired) electrons. The lowest BCUT2D eigenvalue weighted by molar-refractivity contribution is 0.0992. The number of ketones is 1. The first-order valence-electron chi connectivity index (χ1n) is 6.37. The van der Waals surface area contributed by atoms with Gasteiger partial charge in [0, 0.05) is 15.5 Å². The zero-order chi connectivity index (χ0) is 15.4. The van der Waals surface area contributed by atoms with Gasteiger partial charge >= 0.3 is 0 Å². The molecule has 2 aromatic carbocycles. The van der Waals surface area contributed by atoms with Gasteiger partial charge in [-0.25, -0.2) is 0 Å². The van der Waals surface area contributed by atoms with Crippen LogP contribution in [0.1, 0.15) is 17.3 Å². The van der Waals surface area contributed by atoms with Crippen molar-refractivity contribution in [1.82, 2.24) is 0 Å². The van der Waals surface area contributed by atoms with Crippen molar-refractivity contribution in [3.05, 3.63) is 59.1 Å². The Morgan fingerprint density at radius 2 is 1.86 bits per heavy atom. The van der Waals surface area contributed by atoms with Crippen LogP contribution in [0, 0.1) is 0 Å². The molecule has 0 aliphatic heterocycles. The molecule has 3 nitrogen and oxygen atoms in total. The van der Waals surface area contributed by atoms with Crippen molar-refractivity contribution in [1.29, 1.82) is 0 Å². The molecule has 0 N–H and O–H groups in total. The summed E-state index contributed by atoms with van der Waals surface area (Å²) in [7, 11) is 0.122. The van der Waals surface area contributed by atoms with Gasteiger partial charge in [0.15, 0.2) is 5.78 Å². The highest BCUT2D eigenvalue weighted by molar-refractivity contribution is 7.86. The summed E-state index contributed by atoms with van der Waals surface area (Å²) in [6, 6.07) is 13.5. The molecule has 2 unspecified atom stereocenters. The Labute approximate surface area is 131 Å². The van der Waals surface area contributed by atoms with E-state index in [9.17, 15) is 9.00 Å². The summed E-state index contributed by atoms with van der Waals surface area (Å²) < 4.78 is 17.5. The summed E-state index contributed by atoms with van der Waals surface area (Å²) in [6.45, 7) is 1.66. The third kappa shape index (κ3) is 3.71. The molecule has 2 aromatic rings. The van der Waals surface area contributed by atoms with E-state index in [4.69, 9.17) is 16.3 Å². The molecular formula is C16H15ClO3S. The summed E-state index contributed by atoms with van der Waals surface area (Å²) in [5, 5.41) is -0.137. The van der Waals surface area contributed by atoms with Gasteiger partial charge in [-0.15, -0.1) is 0 Å². The number of benzene rings is 2. The van der Waals surface area contributed by atoms with Gasteiger partial charge in [0.1, 0.15) is 5.75 Å². The first kappa shape index (κ1) is 15.7. The van der Waals surface area contributed by atoms with Crippen LogP contribution in [-0.2, 0) is 10.8 Å². The van der Waals surface area contributed by atoms with Crippen LogP contribution in [-0.4, -0.2) is 22.4 Å². The SMILES string of the molecule is COc1ccc(C(=O)C(C)S(=O)c2cccc(Cl)c2)cc1. The van der Waals surface area contributed by atoms with E-state index >= 15 is 0 Å². The third-order valence-corrected chi connectivity index (χ3v) is 4.90. The summed E-state index contributed by atoms with van der Waals surface area (Å²) in [5.74, 6) is 0.506.